The molecule has 0 unspecified atom stereocenters. The summed E-state index contributed by atoms with van der Waals surface area (Å²) in [4.78, 5) is 39.7. The third-order valence-electron chi connectivity index (χ3n) is 7.08. The third-order valence-corrected chi connectivity index (χ3v) is 8.05. The second-order valence-corrected chi connectivity index (χ2v) is 11.4. The largest absolute Gasteiger partial charge is 0.342 e. The standard InChI is InChI=1S/C26H34N6O2S/c1-17(2)32-25-22(15-27-32)21(14-23(28-25)20-13-18(3)35-19(20)4)26(34)31-11-9-29(10-12-31)16-24(33)30-7-5-6-8-30/h13-15,17H,5-12,16H2,1-4H3. The fourth-order valence-electron chi connectivity index (χ4n) is 5.13. The van der Waals surface area contributed by atoms with Crippen LogP contribution in [0.1, 0.15) is 52.8 Å². The van der Waals surface area contributed by atoms with Gasteiger partial charge in [-0.25, -0.2) is 9.67 Å². The molecule has 35 heavy (non-hydrogen) atoms. The summed E-state index contributed by atoms with van der Waals surface area (Å²) in [5.74, 6) is 0.224. The van der Waals surface area contributed by atoms with Gasteiger partial charge in [-0.05, 0) is 52.7 Å². The van der Waals surface area contributed by atoms with Crippen molar-refractivity contribution in [3.63, 3.8) is 0 Å². The predicted molar refractivity (Wildman–Crippen MR) is 139 cm³/mol. The van der Waals surface area contributed by atoms with Crippen molar-refractivity contribution in [3.05, 3.63) is 33.6 Å². The van der Waals surface area contributed by atoms with E-state index in [4.69, 9.17) is 4.98 Å². The van der Waals surface area contributed by atoms with Gasteiger partial charge in [-0.3, -0.25) is 14.5 Å². The lowest BCUT2D eigenvalue weighted by Crippen LogP contribution is -2.51. The number of rotatable bonds is 5. The van der Waals surface area contributed by atoms with Crippen LogP contribution in [0.2, 0.25) is 0 Å². The van der Waals surface area contributed by atoms with Gasteiger partial charge in [-0.1, -0.05) is 0 Å². The Labute approximate surface area is 210 Å². The highest BCUT2D eigenvalue weighted by atomic mass is 32.1. The lowest BCUT2D eigenvalue weighted by molar-refractivity contribution is -0.131. The van der Waals surface area contributed by atoms with Crippen molar-refractivity contribution < 1.29 is 9.59 Å². The zero-order valence-corrected chi connectivity index (χ0v) is 21.9. The molecule has 0 bridgehead atoms. The fourth-order valence-corrected chi connectivity index (χ4v) is 6.07. The summed E-state index contributed by atoms with van der Waals surface area (Å²) >= 11 is 1.74. The third kappa shape index (κ3) is 4.71. The van der Waals surface area contributed by atoms with E-state index in [0.29, 0.717) is 38.3 Å². The maximum atomic E-state index is 13.8. The molecule has 5 heterocycles. The molecule has 0 N–H and O–H groups in total. The molecule has 2 saturated heterocycles. The van der Waals surface area contributed by atoms with E-state index in [-0.39, 0.29) is 17.9 Å². The molecule has 8 nitrogen and oxygen atoms in total. The Hall–Kier alpha value is -2.78. The monoisotopic (exact) mass is 494 g/mol. The summed E-state index contributed by atoms with van der Waals surface area (Å²) in [7, 11) is 0. The summed E-state index contributed by atoms with van der Waals surface area (Å²) in [6.45, 7) is 13.2. The van der Waals surface area contributed by atoms with Gasteiger partial charge in [-0.2, -0.15) is 5.10 Å². The Morgan fingerprint density at radius 2 is 1.71 bits per heavy atom. The molecule has 0 aliphatic carbocycles. The first-order valence-corrected chi connectivity index (χ1v) is 13.4. The van der Waals surface area contributed by atoms with Crippen LogP contribution >= 0.6 is 11.3 Å². The summed E-state index contributed by atoms with van der Waals surface area (Å²) in [6, 6.07) is 4.23. The number of piperazine rings is 1. The number of aryl methyl sites for hydroxylation is 2. The molecule has 3 aromatic rings. The molecule has 5 rings (SSSR count). The molecule has 2 aliphatic rings. The van der Waals surface area contributed by atoms with E-state index in [9.17, 15) is 9.59 Å². The van der Waals surface area contributed by atoms with Crippen LogP contribution in [0, 0.1) is 13.8 Å². The Morgan fingerprint density at radius 3 is 2.34 bits per heavy atom. The Bertz CT molecular complexity index is 1250. The Balaban J connectivity index is 1.39. The van der Waals surface area contributed by atoms with Gasteiger partial charge in [0.2, 0.25) is 5.91 Å². The maximum absolute atomic E-state index is 13.8. The van der Waals surface area contributed by atoms with Gasteiger partial charge in [0.1, 0.15) is 0 Å². The summed E-state index contributed by atoms with van der Waals surface area (Å²) < 4.78 is 1.89. The fraction of sp³-hybridized carbons (Fsp3) is 0.538. The van der Waals surface area contributed by atoms with Crippen LogP contribution < -0.4 is 0 Å². The highest BCUT2D eigenvalue weighted by molar-refractivity contribution is 7.12. The number of thiophene rings is 1. The number of carbonyl (C=O) groups is 2. The van der Waals surface area contributed by atoms with E-state index in [1.165, 1.54) is 9.75 Å². The molecule has 3 aromatic heterocycles. The minimum Gasteiger partial charge on any atom is -0.342 e. The minimum atomic E-state index is 0.0112. The average molecular weight is 495 g/mol. The van der Waals surface area contributed by atoms with Gasteiger partial charge < -0.3 is 9.80 Å². The molecular formula is C26H34N6O2S. The zero-order valence-electron chi connectivity index (χ0n) is 21.1. The summed E-state index contributed by atoms with van der Waals surface area (Å²) in [5.41, 5.74) is 3.30. The van der Waals surface area contributed by atoms with E-state index >= 15 is 0 Å². The molecule has 2 amide bonds. The van der Waals surface area contributed by atoms with Crippen molar-refractivity contribution in [1.82, 2.24) is 29.5 Å². The summed E-state index contributed by atoms with van der Waals surface area (Å²) in [5, 5.41) is 5.36. The first kappa shape index (κ1) is 23.9. The molecular weight excluding hydrogens is 460 g/mol. The van der Waals surface area contributed by atoms with Crippen molar-refractivity contribution in [3.8, 4) is 11.3 Å². The molecule has 0 saturated carbocycles. The molecule has 2 aliphatic heterocycles. The first-order valence-electron chi connectivity index (χ1n) is 12.6. The highest BCUT2D eigenvalue weighted by Crippen LogP contribution is 2.33. The van der Waals surface area contributed by atoms with E-state index in [2.05, 4.69) is 43.8 Å². The SMILES string of the molecule is Cc1cc(-c2cc(C(=O)N3CCN(CC(=O)N4CCCC4)CC3)c3cnn(C(C)C)c3n2)c(C)s1. The number of pyridine rings is 1. The van der Waals surface area contributed by atoms with Crippen LogP contribution in [0.25, 0.3) is 22.3 Å². The van der Waals surface area contributed by atoms with Crippen molar-refractivity contribution in [1.29, 1.82) is 0 Å². The Kier molecular flexibility index (Phi) is 6.63. The molecule has 0 radical (unpaired) electrons. The van der Waals surface area contributed by atoms with E-state index in [1.807, 2.05) is 20.5 Å². The molecule has 186 valence electrons. The minimum absolute atomic E-state index is 0.0112. The number of fused-ring (bicyclic) bond motifs is 1. The molecule has 0 spiro atoms. The topological polar surface area (TPSA) is 74.6 Å². The molecule has 0 aromatic carbocycles. The normalized spacial score (nSPS) is 17.2. The maximum Gasteiger partial charge on any atom is 0.254 e. The lowest BCUT2D eigenvalue weighted by atomic mass is 10.1. The van der Waals surface area contributed by atoms with E-state index in [1.54, 1.807) is 17.5 Å². The van der Waals surface area contributed by atoms with Crippen molar-refractivity contribution in [2.24, 2.45) is 0 Å². The van der Waals surface area contributed by atoms with Gasteiger partial charge in [0.15, 0.2) is 5.65 Å². The van der Waals surface area contributed by atoms with Gasteiger partial charge in [-0.15, -0.1) is 11.3 Å². The van der Waals surface area contributed by atoms with Crippen LogP contribution in [0.15, 0.2) is 18.3 Å². The quantitative estimate of drug-likeness (QED) is 0.540. The average Bonchev–Trinajstić information content (AvgIpc) is 3.58. The summed E-state index contributed by atoms with van der Waals surface area (Å²) in [6.07, 6.45) is 3.98. The van der Waals surface area contributed by atoms with E-state index < -0.39 is 0 Å². The number of hydrogen-bond donors (Lipinski definition) is 0. The molecule has 0 atom stereocenters. The van der Waals surface area contributed by atoms with Crippen LogP contribution in [0.3, 0.4) is 0 Å². The van der Waals surface area contributed by atoms with Crippen LogP contribution in [0.5, 0.6) is 0 Å². The second-order valence-electron chi connectivity index (χ2n) is 9.96. The smallest absolute Gasteiger partial charge is 0.254 e. The Morgan fingerprint density at radius 1 is 1.00 bits per heavy atom. The first-order chi connectivity index (χ1) is 16.8. The van der Waals surface area contributed by atoms with Crippen molar-refractivity contribution in [2.75, 3.05) is 45.8 Å². The van der Waals surface area contributed by atoms with Crippen LogP contribution in [-0.2, 0) is 4.79 Å². The molecule has 9 heteroatoms. The number of aromatic nitrogens is 3. The number of amides is 2. The van der Waals surface area contributed by atoms with Gasteiger partial charge >= 0.3 is 0 Å². The van der Waals surface area contributed by atoms with Gasteiger partial charge in [0.25, 0.3) is 5.91 Å². The van der Waals surface area contributed by atoms with Gasteiger partial charge in [0, 0.05) is 60.6 Å². The van der Waals surface area contributed by atoms with E-state index in [0.717, 1.165) is 48.2 Å². The van der Waals surface area contributed by atoms with Crippen LogP contribution in [-0.4, -0.2) is 87.1 Å². The van der Waals surface area contributed by atoms with Crippen molar-refractivity contribution in [2.45, 2.75) is 46.6 Å². The predicted octanol–water partition coefficient (Wildman–Crippen LogP) is 3.74. The lowest BCUT2D eigenvalue weighted by Gasteiger charge is -2.35. The zero-order chi connectivity index (χ0) is 24.7. The van der Waals surface area contributed by atoms with Crippen molar-refractivity contribution >= 4 is 34.2 Å². The number of nitrogens with zero attached hydrogens (tertiary/aromatic N) is 6. The van der Waals surface area contributed by atoms with Crippen LogP contribution in [0.4, 0.5) is 0 Å². The van der Waals surface area contributed by atoms with Gasteiger partial charge in [0.05, 0.1) is 29.4 Å². The molecule has 2 fully saturated rings. The number of carbonyl (C=O) groups excluding carboxylic acids is 2. The highest BCUT2D eigenvalue weighted by Gasteiger charge is 2.28. The number of likely N-dealkylation sites (tertiary alicyclic amines) is 1. The number of hydrogen-bond acceptors (Lipinski definition) is 6. The second kappa shape index (κ2) is 9.70.